The van der Waals surface area contributed by atoms with Gasteiger partial charge in [-0.2, -0.15) is 0 Å². The number of carbonyl (C=O) groups excluding carboxylic acids is 3. The van der Waals surface area contributed by atoms with Crippen LogP contribution < -0.4 is 5.32 Å². The average Bonchev–Trinajstić information content (AvgIpc) is 3.00. The van der Waals surface area contributed by atoms with Gasteiger partial charge in [0.15, 0.2) is 0 Å². The van der Waals surface area contributed by atoms with Crippen LogP contribution in [0.15, 0.2) is 90.5 Å². The lowest BCUT2D eigenvalue weighted by atomic mass is 10.0. The minimum absolute atomic E-state index is 0.310. The summed E-state index contributed by atoms with van der Waals surface area (Å²) in [6.45, 7) is 10.3. The van der Waals surface area contributed by atoms with E-state index >= 15 is 0 Å². The van der Waals surface area contributed by atoms with Crippen LogP contribution in [0, 0.1) is 0 Å². The maximum atomic E-state index is 13.1. The third-order valence-corrected chi connectivity index (χ3v) is 7.11. The third-order valence-electron chi connectivity index (χ3n) is 7.11. The molecule has 0 spiro atoms. The van der Waals surface area contributed by atoms with E-state index < -0.39 is 17.6 Å². The second-order valence-corrected chi connectivity index (χ2v) is 11.8. The number of carbonyl (C=O) groups is 3. The Bertz CT molecular complexity index is 1390. The maximum absolute atomic E-state index is 13.1. The standard InChI is InChI=1S/C35H41N3O5/c1-35(2,3)36-32(39)31(28-13-9-6-10-14-28)43-34(41)29-17-15-27(16-18-29)24-37-19-21-38(22-20-37)25-30(33(40)42-4)23-26-11-7-5-8-12-26/h5-18,23,31H,19-22,24-25H2,1-4H3,(H,36,39)/b30-23-. The molecule has 0 saturated carbocycles. The number of rotatable bonds is 10. The van der Waals surface area contributed by atoms with Crippen molar-refractivity contribution in [1.82, 2.24) is 15.1 Å². The van der Waals surface area contributed by atoms with Crippen LogP contribution in [0.1, 0.15) is 53.9 Å². The second kappa shape index (κ2) is 14.8. The zero-order chi connectivity index (χ0) is 30.8. The lowest BCUT2D eigenvalue weighted by molar-refractivity contribution is -0.136. The molecule has 0 radical (unpaired) electrons. The number of piperazine rings is 1. The van der Waals surface area contributed by atoms with Gasteiger partial charge in [-0.3, -0.25) is 14.6 Å². The Morgan fingerprint density at radius 1 is 0.837 bits per heavy atom. The maximum Gasteiger partial charge on any atom is 0.339 e. The number of benzene rings is 3. The largest absolute Gasteiger partial charge is 0.466 e. The van der Waals surface area contributed by atoms with Crippen molar-refractivity contribution in [2.45, 2.75) is 39.0 Å². The van der Waals surface area contributed by atoms with Gasteiger partial charge in [-0.15, -0.1) is 0 Å². The fourth-order valence-electron chi connectivity index (χ4n) is 4.91. The van der Waals surface area contributed by atoms with Crippen LogP contribution in [-0.4, -0.2) is 73.0 Å². The predicted molar refractivity (Wildman–Crippen MR) is 167 cm³/mol. The molecule has 0 aromatic heterocycles. The van der Waals surface area contributed by atoms with Crippen LogP contribution >= 0.6 is 0 Å². The highest BCUT2D eigenvalue weighted by atomic mass is 16.5. The SMILES string of the molecule is COC(=O)/C(=C\c1ccccc1)CN1CCN(Cc2ccc(C(=O)OC(C(=O)NC(C)(C)C)c3ccccc3)cc2)CC1. The average molecular weight is 584 g/mol. The molecule has 3 aromatic rings. The number of amides is 1. The Morgan fingerprint density at radius 2 is 1.42 bits per heavy atom. The first-order valence-electron chi connectivity index (χ1n) is 14.6. The smallest absolute Gasteiger partial charge is 0.339 e. The van der Waals surface area contributed by atoms with E-state index in [4.69, 9.17) is 9.47 Å². The first-order chi connectivity index (χ1) is 20.6. The van der Waals surface area contributed by atoms with Crippen molar-refractivity contribution in [2.75, 3.05) is 39.8 Å². The van der Waals surface area contributed by atoms with Crippen molar-refractivity contribution in [3.05, 3.63) is 113 Å². The van der Waals surface area contributed by atoms with Gasteiger partial charge in [-0.05, 0) is 50.1 Å². The summed E-state index contributed by atoms with van der Waals surface area (Å²) in [4.78, 5) is 43.1. The molecule has 43 heavy (non-hydrogen) atoms. The van der Waals surface area contributed by atoms with Gasteiger partial charge in [-0.25, -0.2) is 9.59 Å². The molecule has 8 nitrogen and oxygen atoms in total. The summed E-state index contributed by atoms with van der Waals surface area (Å²) in [5, 5.41) is 2.91. The third kappa shape index (κ3) is 9.63. The van der Waals surface area contributed by atoms with E-state index in [1.165, 1.54) is 7.11 Å². The highest BCUT2D eigenvalue weighted by molar-refractivity contribution is 5.94. The lowest BCUT2D eigenvalue weighted by Crippen LogP contribution is -2.46. The van der Waals surface area contributed by atoms with E-state index in [-0.39, 0.29) is 11.9 Å². The zero-order valence-electron chi connectivity index (χ0n) is 25.4. The molecule has 1 atom stereocenters. The molecular formula is C35H41N3O5. The molecule has 0 bridgehead atoms. The highest BCUT2D eigenvalue weighted by Crippen LogP contribution is 2.22. The summed E-state index contributed by atoms with van der Waals surface area (Å²) < 4.78 is 10.8. The molecule has 1 aliphatic heterocycles. The Kier molecular flexibility index (Phi) is 10.9. The van der Waals surface area contributed by atoms with E-state index in [1.54, 1.807) is 24.3 Å². The van der Waals surface area contributed by atoms with Gasteiger partial charge in [0.2, 0.25) is 6.10 Å². The molecule has 1 aliphatic rings. The van der Waals surface area contributed by atoms with E-state index in [0.29, 0.717) is 23.2 Å². The fraction of sp³-hybridized carbons (Fsp3) is 0.343. The van der Waals surface area contributed by atoms with Gasteiger partial charge in [0, 0.05) is 50.4 Å². The van der Waals surface area contributed by atoms with E-state index in [0.717, 1.165) is 43.9 Å². The molecule has 1 fully saturated rings. The number of nitrogens with zero attached hydrogens (tertiary/aromatic N) is 2. The van der Waals surface area contributed by atoms with Gasteiger partial charge in [-0.1, -0.05) is 72.8 Å². The van der Waals surface area contributed by atoms with E-state index in [9.17, 15) is 14.4 Å². The Morgan fingerprint density at radius 3 is 2.00 bits per heavy atom. The van der Waals surface area contributed by atoms with Crippen LogP contribution in [0.4, 0.5) is 0 Å². The van der Waals surface area contributed by atoms with Crippen molar-refractivity contribution in [3.8, 4) is 0 Å². The second-order valence-electron chi connectivity index (χ2n) is 11.8. The topological polar surface area (TPSA) is 88.2 Å². The lowest BCUT2D eigenvalue weighted by Gasteiger charge is -2.35. The molecule has 1 saturated heterocycles. The molecule has 0 aliphatic carbocycles. The summed E-state index contributed by atoms with van der Waals surface area (Å²) in [5.74, 6) is -1.23. The number of hydrogen-bond acceptors (Lipinski definition) is 7. The molecule has 3 aromatic carbocycles. The van der Waals surface area contributed by atoms with Crippen LogP contribution in [0.25, 0.3) is 6.08 Å². The molecular weight excluding hydrogens is 542 g/mol. The van der Waals surface area contributed by atoms with Crippen LogP contribution in [0.3, 0.4) is 0 Å². The molecule has 1 N–H and O–H groups in total. The van der Waals surface area contributed by atoms with Gasteiger partial charge >= 0.3 is 11.9 Å². The number of hydrogen-bond donors (Lipinski definition) is 1. The fourth-order valence-corrected chi connectivity index (χ4v) is 4.91. The summed E-state index contributed by atoms with van der Waals surface area (Å²) in [5.41, 5.74) is 3.22. The monoisotopic (exact) mass is 583 g/mol. The van der Waals surface area contributed by atoms with Gasteiger partial charge in [0.25, 0.3) is 5.91 Å². The number of ether oxygens (including phenoxy) is 2. The first kappa shape index (κ1) is 31.7. The molecule has 8 heteroatoms. The van der Waals surface area contributed by atoms with Crippen molar-refractivity contribution in [3.63, 3.8) is 0 Å². The molecule has 226 valence electrons. The molecule has 1 amide bonds. The van der Waals surface area contributed by atoms with Gasteiger partial charge in [0.05, 0.1) is 18.2 Å². The zero-order valence-corrected chi connectivity index (χ0v) is 25.4. The molecule has 1 unspecified atom stereocenters. The number of esters is 2. The van der Waals surface area contributed by atoms with Crippen LogP contribution in [0.2, 0.25) is 0 Å². The van der Waals surface area contributed by atoms with Crippen molar-refractivity contribution < 1.29 is 23.9 Å². The van der Waals surface area contributed by atoms with Crippen LogP contribution in [0.5, 0.6) is 0 Å². The minimum atomic E-state index is -1.05. The number of nitrogens with one attached hydrogen (secondary N) is 1. The number of methoxy groups -OCH3 is 1. The molecule has 4 rings (SSSR count). The first-order valence-corrected chi connectivity index (χ1v) is 14.6. The summed E-state index contributed by atoms with van der Waals surface area (Å²) in [6.07, 6.45) is 0.843. The van der Waals surface area contributed by atoms with E-state index in [2.05, 4.69) is 15.1 Å². The van der Waals surface area contributed by atoms with Crippen molar-refractivity contribution >= 4 is 23.9 Å². The summed E-state index contributed by atoms with van der Waals surface area (Å²) in [6, 6.07) is 26.2. The Balaban J connectivity index is 1.32. The Hall–Kier alpha value is -4.27. The molecule has 1 heterocycles. The van der Waals surface area contributed by atoms with Gasteiger partial charge < -0.3 is 14.8 Å². The van der Waals surface area contributed by atoms with Crippen molar-refractivity contribution in [2.24, 2.45) is 0 Å². The summed E-state index contributed by atoms with van der Waals surface area (Å²) in [7, 11) is 1.41. The predicted octanol–water partition coefficient (Wildman–Crippen LogP) is 4.87. The normalized spacial score (nSPS) is 15.4. The quantitative estimate of drug-likeness (QED) is 0.269. The minimum Gasteiger partial charge on any atom is -0.466 e. The van der Waals surface area contributed by atoms with E-state index in [1.807, 2.05) is 87.5 Å². The van der Waals surface area contributed by atoms with Crippen molar-refractivity contribution in [1.29, 1.82) is 0 Å². The Labute approximate surface area is 254 Å². The van der Waals surface area contributed by atoms with Crippen LogP contribution in [-0.2, 0) is 25.6 Å². The van der Waals surface area contributed by atoms with Gasteiger partial charge in [0.1, 0.15) is 0 Å². The summed E-state index contributed by atoms with van der Waals surface area (Å²) >= 11 is 0. The highest BCUT2D eigenvalue weighted by Gasteiger charge is 2.28.